The van der Waals surface area contributed by atoms with Crippen LogP contribution in [0.5, 0.6) is 0 Å². The molecule has 0 spiro atoms. The van der Waals surface area contributed by atoms with E-state index in [9.17, 15) is 13.2 Å². The van der Waals surface area contributed by atoms with Crippen molar-refractivity contribution in [2.24, 2.45) is 0 Å². The van der Waals surface area contributed by atoms with Gasteiger partial charge in [0.1, 0.15) is 5.39 Å². The van der Waals surface area contributed by atoms with Gasteiger partial charge in [-0.15, -0.1) is 0 Å². The predicted molar refractivity (Wildman–Crippen MR) is 89.2 cm³/mol. The Kier molecular flexibility index (Phi) is 4.08. The fourth-order valence-electron chi connectivity index (χ4n) is 2.10. The standard InChI is InChI=1S/C14H16N6O3S/c1-20(2)24(22,23)10-5-3-9(4-6-10)7-15-14-17-12-11(8-16-19-12)13(21)18-14/h3-6,8H,7H2,1-2H3,(H3,15,16,17,18,19,21). The second kappa shape index (κ2) is 6.06. The molecule has 0 aliphatic rings. The van der Waals surface area contributed by atoms with E-state index in [1.54, 1.807) is 24.3 Å². The summed E-state index contributed by atoms with van der Waals surface area (Å²) < 4.78 is 25.2. The van der Waals surface area contributed by atoms with Gasteiger partial charge < -0.3 is 5.32 Å². The van der Waals surface area contributed by atoms with Crippen LogP contribution in [0.1, 0.15) is 5.56 Å². The molecular formula is C14H16N6O3S. The molecule has 10 heteroatoms. The number of nitrogens with zero attached hydrogens (tertiary/aromatic N) is 3. The number of H-pyrrole nitrogens is 2. The highest BCUT2D eigenvalue weighted by Crippen LogP contribution is 2.14. The number of nitrogens with one attached hydrogen (secondary N) is 3. The van der Waals surface area contributed by atoms with E-state index >= 15 is 0 Å². The van der Waals surface area contributed by atoms with Gasteiger partial charge in [0.2, 0.25) is 16.0 Å². The van der Waals surface area contributed by atoms with Crippen LogP contribution < -0.4 is 10.9 Å². The summed E-state index contributed by atoms with van der Waals surface area (Å²) in [7, 11) is -0.473. The molecule has 3 aromatic rings. The first-order valence-electron chi connectivity index (χ1n) is 7.06. The van der Waals surface area contributed by atoms with Crippen molar-refractivity contribution in [1.82, 2.24) is 24.5 Å². The summed E-state index contributed by atoms with van der Waals surface area (Å²) >= 11 is 0. The van der Waals surface area contributed by atoms with E-state index in [2.05, 4.69) is 25.5 Å². The second-order valence-electron chi connectivity index (χ2n) is 5.33. The smallest absolute Gasteiger partial charge is 0.263 e. The second-order valence-corrected chi connectivity index (χ2v) is 7.48. The van der Waals surface area contributed by atoms with Gasteiger partial charge >= 0.3 is 0 Å². The maximum absolute atomic E-state index is 12.0. The number of benzene rings is 1. The molecule has 0 aliphatic carbocycles. The van der Waals surface area contributed by atoms with Crippen molar-refractivity contribution >= 4 is 27.0 Å². The summed E-state index contributed by atoms with van der Waals surface area (Å²) in [5, 5.41) is 9.79. The zero-order valence-corrected chi connectivity index (χ0v) is 13.9. The van der Waals surface area contributed by atoms with E-state index < -0.39 is 10.0 Å². The molecule has 0 radical (unpaired) electrons. The minimum atomic E-state index is -3.44. The Labute approximate surface area is 137 Å². The first kappa shape index (κ1) is 16.1. The first-order valence-corrected chi connectivity index (χ1v) is 8.50. The summed E-state index contributed by atoms with van der Waals surface area (Å²) in [5.41, 5.74) is 0.956. The van der Waals surface area contributed by atoms with E-state index in [-0.39, 0.29) is 10.5 Å². The van der Waals surface area contributed by atoms with Gasteiger partial charge in [-0.3, -0.25) is 14.9 Å². The molecule has 0 fully saturated rings. The van der Waals surface area contributed by atoms with Crippen molar-refractivity contribution in [2.75, 3.05) is 19.4 Å². The predicted octanol–water partition coefficient (Wildman–Crippen LogP) is 0.509. The number of hydrogen-bond donors (Lipinski definition) is 3. The molecule has 126 valence electrons. The SMILES string of the molecule is CN(C)S(=O)(=O)c1ccc(CNc2nc3[nH]ncc3c(=O)[nH]2)cc1. The summed E-state index contributed by atoms with van der Waals surface area (Å²) in [6.07, 6.45) is 1.41. The van der Waals surface area contributed by atoms with Gasteiger partial charge in [-0.25, -0.2) is 12.7 Å². The van der Waals surface area contributed by atoms with Crippen LogP contribution in [0.15, 0.2) is 40.2 Å². The van der Waals surface area contributed by atoms with Crippen molar-refractivity contribution in [2.45, 2.75) is 11.4 Å². The van der Waals surface area contributed by atoms with E-state index in [0.29, 0.717) is 23.5 Å². The van der Waals surface area contributed by atoms with Crippen LogP contribution in [-0.4, -0.2) is 47.0 Å². The minimum absolute atomic E-state index is 0.224. The quantitative estimate of drug-likeness (QED) is 0.617. The van der Waals surface area contributed by atoms with Gasteiger partial charge in [0.15, 0.2) is 5.65 Å². The Morgan fingerprint density at radius 1 is 1.21 bits per heavy atom. The zero-order chi connectivity index (χ0) is 17.3. The largest absolute Gasteiger partial charge is 0.352 e. The van der Waals surface area contributed by atoms with Gasteiger partial charge in [-0.2, -0.15) is 10.1 Å². The van der Waals surface area contributed by atoms with Crippen molar-refractivity contribution in [3.05, 3.63) is 46.4 Å². The molecule has 0 saturated carbocycles. The van der Waals surface area contributed by atoms with Crippen LogP contribution in [0.4, 0.5) is 5.95 Å². The van der Waals surface area contributed by atoms with Crippen LogP contribution in [0.3, 0.4) is 0 Å². The third-order valence-corrected chi connectivity index (χ3v) is 5.31. The fourth-order valence-corrected chi connectivity index (χ4v) is 3.01. The molecule has 1 aromatic carbocycles. The maximum atomic E-state index is 12.0. The van der Waals surface area contributed by atoms with Crippen LogP contribution in [0.25, 0.3) is 11.0 Å². The van der Waals surface area contributed by atoms with E-state index in [0.717, 1.165) is 9.87 Å². The van der Waals surface area contributed by atoms with Gasteiger partial charge in [-0.1, -0.05) is 12.1 Å². The fraction of sp³-hybridized carbons (Fsp3) is 0.214. The molecule has 24 heavy (non-hydrogen) atoms. The van der Waals surface area contributed by atoms with Crippen molar-refractivity contribution in [1.29, 1.82) is 0 Å². The Morgan fingerprint density at radius 2 is 1.92 bits per heavy atom. The highest BCUT2D eigenvalue weighted by atomic mass is 32.2. The monoisotopic (exact) mass is 348 g/mol. The third kappa shape index (κ3) is 3.01. The molecule has 9 nitrogen and oxygen atoms in total. The average Bonchev–Trinajstić information content (AvgIpc) is 3.02. The highest BCUT2D eigenvalue weighted by molar-refractivity contribution is 7.89. The Bertz CT molecular complexity index is 1020. The summed E-state index contributed by atoms with van der Waals surface area (Å²) in [6.45, 7) is 0.380. The van der Waals surface area contributed by atoms with Gasteiger partial charge in [0.05, 0.1) is 11.1 Å². The normalized spacial score (nSPS) is 12.0. The van der Waals surface area contributed by atoms with Gasteiger partial charge in [0, 0.05) is 20.6 Å². The van der Waals surface area contributed by atoms with Crippen LogP contribution >= 0.6 is 0 Å². The maximum Gasteiger partial charge on any atom is 0.263 e. The van der Waals surface area contributed by atoms with Crippen LogP contribution in [0.2, 0.25) is 0 Å². The van der Waals surface area contributed by atoms with Crippen LogP contribution in [-0.2, 0) is 16.6 Å². The number of sulfonamides is 1. The van der Waals surface area contributed by atoms with Gasteiger partial charge in [-0.05, 0) is 17.7 Å². The van der Waals surface area contributed by atoms with E-state index in [1.165, 1.54) is 20.3 Å². The van der Waals surface area contributed by atoms with E-state index in [4.69, 9.17) is 0 Å². The van der Waals surface area contributed by atoms with E-state index in [1.807, 2.05) is 0 Å². The first-order chi connectivity index (χ1) is 11.4. The number of rotatable bonds is 5. The lowest BCUT2D eigenvalue weighted by Gasteiger charge is -2.12. The summed E-state index contributed by atoms with van der Waals surface area (Å²) in [6, 6.07) is 6.49. The average molecular weight is 348 g/mol. The van der Waals surface area contributed by atoms with Crippen molar-refractivity contribution < 1.29 is 8.42 Å². The highest BCUT2D eigenvalue weighted by Gasteiger charge is 2.16. The minimum Gasteiger partial charge on any atom is -0.352 e. The molecule has 0 unspecified atom stereocenters. The number of hydrogen-bond acceptors (Lipinski definition) is 6. The van der Waals surface area contributed by atoms with Crippen LogP contribution in [0, 0.1) is 0 Å². The molecule has 0 aliphatic heterocycles. The zero-order valence-electron chi connectivity index (χ0n) is 13.1. The Morgan fingerprint density at radius 3 is 2.58 bits per heavy atom. The van der Waals surface area contributed by atoms with Crippen molar-refractivity contribution in [3.63, 3.8) is 0 Å². The molecule has 3 rings (SSSR count). The Hall–Kier alpha value is -2.72. The number of fused-ring (bicyclic) bond motifs is 1. The third-order valence-electron chi connectivity index (χ3n) is 3.48. The number of aromatic amines is 2. The molecule has 0 atom stereocenters. The van der Waals surface area contributed by atoms with Crippen molar-refractivity contribution in [3.8, 4) is 0 Å². The molecular weight excluding hydrogens is 332 g/mol. The van der Waals surface area contributed by atoms with Gasteiger partial charge in [0.25, 0.3) is 5.56 Å². The number of anilines is 1. The molecule has 0 bridgehead atoms. The summed E-state index contributed by atoms with van der Waals surface area (Å²) in [4.78, 5) is 18.9. The lowest BCUT2D eigenvalue weighted by atomic mass is 10.2. The molecule has 2 heterocycles. The lowest BCUT2D eigenvalue weighted by Crippen LogP contribution is -2.22. The summed E-state index contributed by atoms with van der Waals surface area (Å²) in [5.74, 6) is 0.307. The lowest BCUT2D eigenvalue weighted by molar-refractivity contribution is 0.520. The Balaban J connectivity index is 1.75. The molecule has 0 saturated heterocycles. The molecule has 0 amide bonds. The number of aromatic nitrogens is 4. The molecule has 3 N–H and O–H groups in total. The molecule has 2 aromatic heterocycles. The topological polar surface area (TPSA) is 124 Å².